The van der Waals surface area contributed by atoms with E-state index in [0.717, 1.165) is 0 Å². The summed E-state index contributed by atoms with van der Waals surface area (Å²) in [6.07, 6.45) is 3.71. The van der Waals surface area contributed by atoms with Crippen LogP contribution in [0, 0.1) is 0 Å². The van der Waals surface area contributed by atoms with Crippen LogP contribution in [-0.2, 0) is 19.7 Å². The molecule has 4 nitrogen and oxygen atoms in total. The van der Waals surface area contributed by atoms with E-state index in [0.29, 0.717) is 38.4 Å². The first-order valence-electron chi connectivity index (χ1n) is 9.77. The molecule has 0 amide bonds. The summed E-state index contributed by atoms with van der Waals surface area (Å²) in [6, 6.07) is 23.7. The number of halogens is 2. The van der Waals surface area contributed by atoms with E-state index in [9.17, 15) is 0 Å². The van der Waals surface area contributed by atoms with Crippen LogP contribution in [0.5, 0.6) is 0 Å². The molecule has 156 valence electrons. The summed E-state index contributed by atoms with van der Waals surface area (Å²) in [5.74, 6) is 0.527. The van der Waals surface area contributed by atoms with Gasteiger partial charge in [-0.2, -0.15) is 0 Å². The summed E-state index contributed by atoms with van der Waals surface area (Å²) in [6.45, 7) is 0. The number of hydrogen-bond acceptors (Lipinski definition) is 2. The minimum Gasteiger partial charge on any atom is -0.832 e. The van der Waals surface area contributed by atoms with Crippen molar-refractivity contribution in [1.29, 1.82) is 0 Å². The van der Waals surface area contributed by atoms with Gasteiger partial charge in [0, 0.05) is 10.0 Å². The van der Waals surface area contributed by atoms with E-state index in [1.54, 1.807) is 36.4 Å². The van der Waals surface area contributed by atoms with Gasteiger partial charge in [0.05, 0.1) is 31.1 Å². The average molecular weight is 450 g/mol. The summed E-state index contributed by atoms with van der Waals surface area (Å²) in [7, 11) is 3.71. The van der Waals surface area contributed by atoms with Crippen molar-refractivity contribution in [1.82, 2.24) is 4.57 Å². The van der Waals surface area contributed by atoms with Crippen molar-refractivity contribution in [3.05, 3.63) is 118 Å². The molecule has 0 aliphatic carbocycles. The van der Waals surface area contributed by atoms with Gasteiger partial charge in [0.2, 0.25) is 0 Å². The van der Waals surface area contributed by atoms with E-state index in [1.165, 1.54) is 0 Å². The van der Waals surface area contributed by atoms with Gasteiger partial charge in [0.1, 0.15) is 12.4 Å². The Kier molecular flexibility index (Phi) is 5.96. The molecule has 0 spiro atoms. The Morgan fingerprint density at radius 1 is 0.935 bits per heavy atom. The second-order valence-corrected chi connectivity index (χ2v) is 8.21. The van der Waals surface area contributed by atoms with Gasteiger partial charge in [-0.3, -0.25) is 4.99 Å². The zero-order valence-electron chi connectivity index (χ0n) is 17.2. The highest BCUT2D eigenvalue weighted by atomic mass is 35.5. The predicted octanol–water partition coefficient (Wildman–Crippen LogP) is 4.58. The van der Waals surface area contributed by atoms with E-state index in [1.807, 2.05) is 78.1 Å². The van der Waals surface area contributed by atoms with Crippen molar-refractivity contribution in [2.75, 3.05) is 0 Å². The van der Waals surface area contributed by atoms with Gasteiger partial charge < -0.3 is 5.11 Å². The maximum absolute atomic E-state index is 15.1. The maximum Gasteiger partial charge on any atom is 0.256 e. The molecule has 6 heteroatoms. The van der Waals surface area contributed by atoms with E-state index in [-0.39, 0.29) is 0 Å². The molecule has 1 atom stereocenters. The number of para-hydroxylation sites is 1. The molecule has 0 fully saturated rings. The number of aryl methyl sites for hydroxylation is 2. The first kappa shape index (κ1) is 21.3. The minimum absolute atomic E-state index is 0.357. The Bertz CT molecular complexity index is 1210. The molecule has 4 rings (SSSR count). The van der Waals surface area contributed by atoms with Gasteiger partial charge in [0.15, 0.2) is 0 Å². The van der Waals surface area contributed by atoms with Gasteiger partial charge in [0.25, 0.3) is 5.82 Å². The van der Waals surface area contributed by atoms with Crippen molar-refractivity contribution in [3.63, 3.8) is 0 Å². The number of benzene rings is 3. The van der Waals surface area contributed by atoms with E-state index in [2.05, 4.69) is 0 Å². The highest BCUT2D eigenvalue weighted by Gasteiger charge is 2.38. The van der Waals surface area contributed by atoms with Crippen molar-refractivity contribution < 1.29 is 9.67 Å². The summed E-state index contributed by atoms with van der Waals surface area (Å²) < 4.78 is 3.65. The molecule has 0 saturated heterocycles. The third kappa shape index (κ3) is 4.15. The molecule has 1 heterocycles. The lowest BCUT2D eigenvalue weighted by Crippen LogP contribution is -2.57. The molecule has 1 unspecified atom stereocenters. The predicted molar refractivity (Wildman–Crippen MR) is 123 cm³/mol. The zero-order valence-corrected chi connectivity index (χ0v) is 18.7. The zero-order chi connectivity index (χ0) is 22.0. The number of hydrogen-bond donors (Lipinski definition) is 0. The molecule has 0 radical (unpaired) electrons. The second kappa shape index (κ2) is 8.67. The molecule has 4 aromatic rings. The number of nitrogens with zero attached hydrogens (tertiary/aromatic N) is 3. The molecule has 3 aromatic carbocycles. The Hall–Kier alpha value is -2.92. The number of rotatable bonds is 5. The monoisotopic (exact) mass is 449 g/mol. The molecule has 0 bridgehead atoms. The van der Waals surface area contributed by atoms with Crippen LogP contribution < -0.4 is 9.67 Å². The number of imidazole rings is 1. The SMILES string of the molecule is Cn1cc[n+](C)c1C([O-])(C(=Nc1ccccc1)c1ccc(Cl)cc1)c1cccc(Cl)c1. The quantitative estimate of drug-likeness (QED) is 0.324. The molecule has 0 saturated carbocycles. The minimum atomic E-state index is -1.85. The lowest BCUT2D eigenvalue weighted by molar-refractivity contribution is -0.696. The van der Waals surface area contributed by atoms with Crippen LogP contribution in [0.15, 0.2) is 96.2 Å². The summed E-state index contributed by atoms with van der Waals surface area (Å²) >= 11 is 12.4. The molecule has 0 aliphatic heterocycles. The fraction of sp³-hybridized carbons (Fsp3) is 0.120. The summed E-state index contributed by atoms with van der Waals surface area (Å²) in [5, 5.41) is 16.2. The molecule has 0 N–H and O–H groups in total. The van der Waals surface area contributed by atoms with E-state index >= 15 is 5.11 Å². The number of aromatic nitrogens is 2. The Morgan fingerprint density at radius 3 is 2.26 bits per heavy atom. The van der Waals surface area contributed by atoms with Crippen LogP contribution in [0.4, 0.5) is 5.69 Å². The van der Waals surface area contributed by atoms with Gasteiger partial charge in [-0.15, -0.1) is 0 Å². The van der Waals surface area contributed by atoms with Crippen LogP contribution in [0.1, 0.15) is 17.0 Å². The van der Waals surface area contributed by atoms with Gasteiger partial charge in [-0.1, -0.05) is 65.7 Å². The Morgan fingerprint density at radius 2 is 1.65 bits per heavy atom. The third-order valence-corrected chi connectivity index (χ3v) is 5.66. The van der Waals surface area contributed by atoms with Crippen molar-refractivity contribution in [2.45, 2.75) is 5.60 Å². The molecule has 0 aliphatic rings. The first-order chi connectivity index (χ1) is 14.9. The standard InChI is InChI=1S/C25H21Cl2N3O/c1-29-15-16-30(2)24(29)25(31,19-7-6-8-21(27)17-19)23(18-11-13-20(26)14-12-18)28-22-9-4-3-5-10-22/h3-17H,1-2H3. The normalized spacial score (nSPS) is 13.8. The summed E-state index contributed by atoms with van der Waals surface area (Å²) in [4.78, 5) is 4.87. The number of aliphatic imine (C=N–C) groups is 1. The molecule has 1 aromatic heterocycles. The fourth-order valence-electron chi connectivity index (χ4n) is 3.75. The van der Waals surface area contributed by atoms with E-state index in [4.69, 9.17) is 28.2 Å². The van der Waals surface area contributed by atoms with Crippen LogP contribution in [-0.4, -0.2) is 10.3 Å². The first-order valence-corrected chi connectivity index (χ1v) is 10.5. The largest absolute Gasteiger partial charge is 0.832 e. The topological polar surface area (TPSA) is 44.2 Å². The van der Waals surface area contributed by atoms with Crippen LogP contribution in [0.25, 0.3) is 0 Å². The van der Waals surface area contributed by atoms with Crippen molar-refractivity contribution in [3.8, 4) is 0 Å². The van der Waals surface area contributed by atoms with Gasteiger partial charge in [-0.25, -0.2) is 9.13 Å². The lowest BCUT2D eigenvalue weighted by Gasteiger charge is -2.39. The fourth-order valence-corrected chi connectivity index (χ4v) is 4.07. The molecule has 31 heavy (non-hydrogen) atoms. The lowest BCUT2D eigenvalue weighted by atomic mass is 9.83. The smallest absolute Gasteiger partial charge is 0.256 e. The second-order valence-electron chi connectivity index (χ2n) is 7.34. The van der Waals surface area contributed by atoms with Crippen LogP contribution in [0.2, 0.25) is 10.0 Å². The van der Waals surface area contributed by atoms with Crippen LogP contribution >= 0.6 is 23.2 Å². The highest BCUT2D eigenvalue weighted by Crippen LogP contribution is 2.33. The Balaban J connectivity index is 2.08. The van der Waals surface area contributed by atoms with Gasteiger partial charge in [-0.05, 0) is 47.5 Å². The van der Waals surface area contributed by atoms with E-state index < -0.39 is 5.60 Å². The molecular weight excluding hydrogens is 429 g/mol. The van der Waals surface area contributed by atoms with Gasteiger partial charge >= 0.3 is 0 Å². The maximum atomic E-state index is 15.1. The van der Waals surface area contributed by atoms with Crippen LogP contribution in [0.3, 0.4) is 0 Å². The molecular formula is C25H21Cl2N3O. The highest BCUT2D eigenvalue weighted by molar-refractivity contribution is 6.31. The van der Waals surface area contributed by atoms with Crippen molar-refractivity contribution >= 4 is 34.6 Å². The third-order valence-electron chi connectivity index (χ3n) is 5.18. The Labute approximate surface area is 191 Å². The van der Waals surface area contributed by atoms with Crippen molar-refractivity contribution in [2.24, 2.45) is 19.1 Å². The average Bonchev–Trinajstić information content (AvgIpc) is 3.11. The summed E-state index contributed by atoms with van der Waals surface area (Å²) in [5.41, 5.74) is 0.384.